The van der Waals surface area contributed by atoms with Gasteiger partial charge in [-0.2, -0.15) is 5.26 Å². The third kappa shape index (κ3) is 4.61. The first kappa shape index (κ1) is 15.0. The number of nitrogens with zero attached hydrogens (tertiary/aromatic N) is 1. The number of ether oxygens (including phenoxy) is 1. The summed E-state index contributed by atoms with van der Waals surface area (Å²) in [6.45, 7) is 2.27. The number of nitriles is 1. The molecule has 0 amide bonds. The predicted molar refractivity (Wildman–Crippen MR) is 77.2 cm³/mol. The third-order valence-electron chi connectivity index (χ3n) is 3.68. The van der Waals surface area contributed by atoms with Gasteiger partial charge in [0, 0.05) is 13.2 Å². The van der Waals surface area contributed by atoms with Gasteiger partial charge in [0.1, 0.15) is 0 Å². The molecule has 2 unspecified atom stereocenters. The minimum Gasteiger partial charge on any atom is -0.387 e. The Bertz CT molecular complexity index is 433. The summed E-state index contributed by atoms with van der Waals surface area (Å²) in [5.74, 6) is 0. The molecule has 0 radical (unpaired) electrons. The van der Waals surface area contributed by atoms with Crippen molar-refractivity contribution >= 4 is 0 Å². The van der Waals surface area contributed by atoms with Gasteiger partial charge in [-0.15, -0.1) is 0 Å². The molecule has 1 saturated heterocycles. The zero-order chi connectivity index (χ0) is 14.2. The van der Waals surface area contributed by atoms with Gasteiger partial charge in [-0.25, -0.2) is 0 Å². The third-order valence-corrected chi connectivity index (χ3v) is 3.68. The highest BCUT2D eigenvalue weighted by atomic mass is 16.5. The van der Waals surface area contributed by atoms with Crippen molar-refractivity contribution < 1.29 is 9.84 Å². The Morgan fingerprint density at radius 3 is 2.80 bits per heavy atom. The molecule has 2 atom stereocenters. The molecule has 0 aliphatic carbocycles. The molecular formula is C16H22N2O2. The van der Waals surface area contributed by atoms with Crippen molar-refractivity contribution in [2.45, 2.75) is 37.9 Å². The number of benzene rings is 1. The largest absolute Gasteiger partial charge is 0.387 e. The molecular weight excluding hydrogens is 252 g/mol. The van der Waals surface area contributed by atoms with Crippen molar-refractivity contribution in [1.82, 2.24) is 5.32 Å². The van der Waals surface area contributed by atoms with Crippen molar-refractivity contribution in [3.8, 4) is 6.07 Å². The summed E-state index contributed by atoms with van der Waals surface area (Å²) in [4.78, 5) is 0. The lowest BCUT2D eigenvalue weighted by atomic mass is 10.1. The van der Waals surface area contributed by atoms with Gasteiger partial charge in [0.25, 0.3) is 0 Å². The van der Waals surface area contributed by atoms with E-state index in [1.165, 1.54) is 12.8 Å². The Morgan fingerprint density at radius 1 is 1.35 bits per heavy atom. The smallest absolute Gasteiger partial charge is 0.0991 e. The highest BCUT2D eigenvalue weighted by molar-refractivity contribution is 5.32. The topological polar surface area (TPSA) is 65.3 Å². The second-order valence-corrected chi connectivity index (χ2v) is 5.23. The minimum absolute atomic E-state index is 0.378. The summed E-state index contributed by atoms with van der Waals surface area (Å²) >= 11 is 0. The Kier molecular flexibility index (Phi) is 6.00. The maximum absolute atomic E-state index is 10.0. The number of aliphatic hydroxyl groups excluding tert-OH is 1. The van der Waals surface area contributed by atoms with E-state index in [-0.39, 0.29) is 0 Å². The van der Waals surface area contributed by atoms with Crippen LogP contribution in [0.4, 0.5) is 0 Å². The van der Waals surface area contributed by atoms with Crippen molar-refractivity contribution in [3.63, 3.8) is 0 Å². The van der Waals surface area contributed by atoms with Crippen LogP contribution in [-0.2, 0) is 4.74 Å². The van der Waals surface area contributed by atoms with Crippen LogP contribution >= 0.6 is 0 Å². The van der Waals surface area contributed by atoms with Gasteiger partial charge < -0.3 is 15.2 Å². The second kappa shape index (κ2) is 8.01. The van der Waals surface area contributed by atoms with Gasteiger partial charge in [-0.1, -0.05) is 12.1 Å². The van der Waals surface area contributed by atoms with Crippen molar-refractivity contribution in [3.05, 3.63) is 35.4 Å². The molecule has 1 fully saturated rings. The van der Waals surface area contributed by atoms with Gasteiger partial charge in [-0.05, 0) is 49.9 Å². The van der Waals surface area contributed by atoms with Gasteiger partial charge in [0.2, 0.25) is 0 Å². The van der Waals surface area contributed by atoms with E-state index >= 15 is 0 Å². The Balaban J connectivity index is 1.66. The van der Waals surface area contributed by atoms with Crippen molar-refractivity contribution in [1.29, 1.82) is 5.26 Å². The minimum atomic E-state index is -0.532. The summed E-state index contributed by atoms with van der Waals surface area (Å²) in [6, 6.07) is 9.13. The SMILES string of the molecule is N#Cc1ccc(C(O)CNCCC2CCCCO2)cc1. The molecule has 108 valence electrons. The first-order valence-electron chi connectivity index (χ1n) is 7.30. The van der Waals surface area contributed by atoms with Gasteiger partial charge in [0.15, 0.2) is 0 Å². The standard InChI is InChI=1S/C16H22N2O2/c17-11-13-4-6-14(7-5-13)16(19)12-18-9-8-15-3-1-2-10-20-15/h4-7,15-16,18-19H,1-3,8-10,12H2. The Morgan fingerprint density at radius 2 is 2.15 bits per heavy atom. The van der Waals surface area contributed by atoms with Crippen LogP contribution in [0.5, 0.6) is 0 Å². The van der Waals surface area contributed by atoms with E-state index in [1.807, 2.05) is 0 Å². The summed E-state index contributed by atoms with van der Waals surface area (Å²) in [7, 11) is 0. The monoisotopic (exact) mass is 274 g/mol. The number of hydrogen-bond acceptors (Lipinski definition) is 4. The summed E-state index contributed by atoms with van der Waals surface area (Å²) in [5, 5.41) is 22.0. The van der Waals surface area contributed by atoms with E-state index in [0.29, 0.717) is 18.2 Å². The van der Waals surface area contributed by atoms with E-state index in [4.69, 9.17) is 10.00 Å². The van der Waals surface area contributed by atoms with Gasteiger partial charge in [-0.3, -0.25) is 0 Å². The number of aliphatic hydroxyl groups is 1. The van der Waals surface area contributed by atoms with Crippen LogP contribution < -0.4 is 5.32 Å². The average Bonchev–Trinajstić information content (AvgIpc) is 2.52. The van der Waals surface area contributed by atoms with Gasteiger partial charge in [0.05, 0.1) is 23.8 Å². The van der Waals surface area contributed by atoms with E-state index < -0.39 is 6.10 Å². The van der Waals surface area contributed by atoms with Crippen LogP contribution in [-0.4, -0.2) is 30.9 Å². The van der Waals surface area contributed by atoms with Crippen LogP contribution in [0.2, 0.25) is 0 Å². The van der Waals surface area contributed by atoms with Crippen LogP contribution in [0.3, 0.4) is 0 Å². The summed E-state index contributed by atoms with van der Waals surface area (Å²) in [5.41, 5.74) is 1.45. The van der Waals surface area contributed by atoms with Crippen molar-refractivity contribution in [2.75, 3.05) is 19.7 Å². The lowest BCUT2D eigenvalue weighted by Gasteiger charge is -2.22. The maximum Gasteiger partial charge on any atom is 0.0991 e. The molecule has 4 nitrogen and oxygen atoms in total. The quantitative estimate of drug-likeness (QED) is 0.780. The zero-order valence-electron chi connectivity index (χ0n) is 11.7. The molecule has 0 bridgehead atoms. The number of nitrogens with one attached hydrogen (secondary N) is 1. The van der Waals surface area contributed by atoms with Crippen LogP contribution in [0, 0.1) is 11.3 Å². The molecule has 2 N–H and O–H groups in total. The molecule has 1 aromatic carbocycles. The highest BCUT2D eigenvalue weighted by Crippen LogP contribution is 2.15. The fraction of sp³-hybridized carbons (Fsp3) is 0.562. The van der Waals surface area contributed by atoms with Gasteiger partial charge >= 0.3 is 0 Å². The second-order valence-electron chi connectivity index (χ2n) is 5.23. The lowest BCUT2D eigenvalue weighted by Crippen LogP contribution is -2.28. The first-order valence-corrected chi connectivity index (χ1v) is 7.30. The maximum atomic E-state index is 10.0. The predicted octanol–water partition coefficient (Wildman–Crippen LogP) is 2.14. The summed E-state index contributed by atoms with van der Waals surface area (Å²) < 4.78 is 5.66. The fourth-order valence-corrected chi connectivity index (χ4v) is 2.43. The molecule has 4 heteroatoms. The zero-order valence-corrected chi connectivity index (χ0v) is 11.7. The van der Waals surface area contributed by atoms with E-state index in [0.717, 1.165) is 31.6 Å². The molecule has 1 aliphatic rings. The van der Waals surface area contributed by atoms with Crippen LogP contribution in [0.25, 0.3) is 0 Å². The molecule has 0 aromatic heterocycles. The number of hydrogen-bond donors (Lipinski definition) is 2. The fourth-order valence-electron chi connectivity index (χ4n) is 2.43. The van der Waals surface area contributed by atoms with Crippen LogP contribution in [0.1, 0.15) is 42.9 Å². The van der Waals surface area contributed by atoms with Crippen LogP contribution in [0.15, 0.2) is 24.3 Å². The molecule has 0 saturated carbocycles. The summed E-state index contributed by atoms with van der Waals surface area (Å²) in [6.07, 6.45) is 4.44. The molecule has 1 heterocycles. The normalized spacial score (nSPS) is 20.3. The highest BCUT2D eigenvalue weighted by Gasteiger charge is 2.13. The molecule has 1 aliphatic heterocycles. The lowest BCUT2D eigenvalue weighted by molar-refractivity contribution is 0.0111. The Labute approximate surface area is 120 Å². The first-order chi connectivity index (χ1) is 9.79. The molecule has 1 aromatic rings. The molecule has 20 heavy (non-hydrogen) atoms. The van der Waals surface area contributed by atoms with E-state index in [2.05, 4.69) is 11.4 Å². The van der Waals surface area contributed by atoms with E-state index in [9.17, 15) is 5.11 Å². The molecule has 2 rings (SSSR count). The number of rotatable bonds is 6. The Hall–Kier alpha value is -1.41. The van der Waals surface area contributed by atoms with E-state index in [1.54, 1.807) is 24.3 Å². The van der Waals surface area contributed by atoms with Crippen molar-refractivity contribution in [2.24, 2.45) is 0 Å². The average molecular weight is 274 g/mol. The molecule has 0 spiro atoms.